The average molecular weight is 267 g/mol. The molecule has 0 aromatic heterocycles. The predicted octanol–water partition coefficient (Wildman–Crippen LogP) is 0.979. The Labute approximate surface area is 108 Å². The molecule has 1 N–H and O–H groups in total. The van der Waals surface area contributed by atoms with Gasteiger partial charge in [-0.05, 0) is 24.6 Å². The molecule has 0 heterocycles. The Bertz CT molecular complexity index is 580. The molecule has 0 aliphatic rings. The molecule has 1 aromatic carbocycles. The van der Waals surface area contributed by atoms with Crippen LogP contribution in [0.1, 0.15) is 17.5 Å². The molecule has 0 aliphatic heterocycles. The molecule has 1 rings (SSSR count). The van der Waals surface area contributed by atoms with Crippen LogP contribution in [0.3, 0.4) is 0 Å². The first-order chi connectivity index (χ1) is 8.39. The maximum Gasteiger partial charge on any atom is 0.242 e. The van der Waals surface area contributed by atoms with E-state index < -0.39 is 10.0 Å². The highest BCUT2D eigenvalue weighted by Gasteiger charge is 2.19. The molecule has 1 aromatic rings. The summed E-state index contributed by atoms with van der Waals surface area (Å²) in [7, 11) is -0.447. The SMILES string of the molecule is Cc1ccc(C#CCCO)cc1S(=O)(=O)N(C)C. The van der Waals surface area contributed by atoms with E-state index in [-0.39, 0.29) is 11.5 Å². The number of aliphatic hydroxyl groups excluding tert-OH is 1. The molecule has 0 saturated heterocycles. The fraction of sp³-hybridized carbons (Fsp3) is 0.385. The van der Waals surface area contributed by atoms with Gasteiger partial charge in [-0.25, -0.2) is 12.7 Å². The van der Waals surface area contributed by atoms with Gasteiger partial charge in [0.15, 0.2) is 0 Å². The van der Waals surface area contributed by atoms with Crippen LogP contribution in [0.25, 0.3) is 0 Å². The Morgan fingerprint density at radius 3 is 2.56 bits per heavy atom. The number of benzene rings is 1. The predicted molar refractivity (Wildman–Crippen MR) is 70.6 cm³/mol. The van der Waals surface area contributed by atoms with Gasteiger partial charge >= 0.3 is 0 Å². The Morgan fingerprint density at radius 2 is 2.00 bits per heavy atom. The molecule has 0 bridgehead atoms. The van der Waals surface area contributed by atoms with E-state index in [1.165, 1.54) is 18.4 Å². The molecular formula is C13H17NO3S. The molecule has 0 radical (unpaired) electrons. The zero-order valence-electron chi connectivity index (χ0n) is 10.8. The largest absolute Gasteiger partial charge is 0.395 e. The lowest BCUT2D eigenvalue weighted by Gasteiger charge is -2.13. The number of hydrogen-bond donors (Lipinski definition) is 1. The fourth-order valence-electron chi connectivity index (χ4n) is 1.37. The van der Waals surface area contributed by atoms with E-state index in [9.17, 15) is 8.42 Å². The van der Waals surface area contributed by atoms with Crippen LogP contribution in [0.15, 0.2) is 23.1 Å². The quantitative estimate of drug-likeness (QED) is 0.831. The van der Waals surface area contributed by atoms with Crippen molar-refractivity contribution < 1.29 is 13.5 Å². The summed E-state index contributed by atoms with van der Waals surface area (Å²) in [5, 5.41) is 8.64. The average Bonchev–Trinajstić information content (AvgIpc) is 2.31. The van der Waals surface area contributed by atoms with Gasteiger partial charge in [0, 0.05) is 26.1 Å². The second-order valence-corrected chi connectivity index (χ2v) is 6.16. The summed E-state index contributed by atoms with van der Waals surface area (Å²) in [5.74, 6) is 5.60. The second kappa shape index (κ2) is 6.01. The number of aryl methyl sites for hydroxylation is 1. The number of nitrogens with zero attached hydrogens (tertiary/aromatic N) is 1. The third-order valence-electron chi connectivity index (χ3n) is 2.42. The lowest BCUT2D eigenvalue weighted by molar-refractivity contribution is 0.305. The van der Waals surface area contributed by atoms with Crippen molar-refractivity contribution in [1.82, 2.24) is 4.31 Å². The first-order valence-electron chi connectivity index (χ1n) is 5.52. The molecule has 4 nitrogen and oxygen atoms in total. The first kappa shape index (κ1) is 14.7. The molecule has 18 heavy (non-hydrogen) atoms. The number of rotatable bonds is 3. The standard InChI is InChI=1S/C13H17NO3S/c1-11-7-8-12(6-4-5-9-15)10-13(11)18(16,17)14(2)3/h7-8,10,15H,5,9H2,1-3H3. The summed E-state index contributed by atoms with van der Waals surface area (Å²) in [6, 6.07) is 5.07. The monoisotopic (exact) mass is 267 g/mol. The van der Waals surface area contributed by atoms with Gasteiger partial charge in [-0.3, -0.25) is 0 Å². The second-order valence-electron chi connectivity index (χ2n) is 4.04. The van der Waals surface area contributed by atoms with Crippen LogP contribution in [-0.4, -0.2) is 38.5 Å². The maximum absolute atomic E-state index is 12.1. The Kier molecular flexibility index (Phi) is 4.91. The van der Waals surface area contributed by atoms with Crippen LogP contribution in [0.5, 0.6) is 0 Å². The minimum atomic E-state index is -3.44. The maximum atomic E-state index is 12.1. The third kappa shape index (κ3) is 3.33. The molecule has 0 atom stereocenters. The van der Waals surface area contributed by atoms with Crippen molar-refractivity contribution in [2.24, 2.45) is 0 Å². The van der Waals surface area contributed by atoms with Gasteiger partial charge < -0.3 is 5.11 Å². The molecule has 0 fully saturated rings. The molecule has 0 unspecified atom stereocenters. The third-order valence-corrected chi connectivity index (χ3v) is 4.37. The van der Waals surface area contributed by atoms with Crippen LogP contribution in [0.4, 0.5) is 0 Å². The summed E-state index contributed by atoms with van der Waals surface area (Å²) in [4.78, 5) is 0.267. The lowest BCUT2D eigenvalue weighted by atomic mass is 10.1. The van der Waals surface area contributed by atoms with Crippen LogP contribution < -0.4 is 0 Å². The summed E-state index contributed by atoms with van der Waals surface area (Å²) in [5.41, 5.74) is 1.32. The van der Waals surface area contributed by atoms with Gasteiger partial charge in [-0.2, -0.15) is 0 Å². The number of sulfonamides is 1. The van der Waals surface area contributed by atoms with E-state index in [0.717, 1.165) is 0 Å². The van der Waals surface area contributed by atoms with Crippen LogP contribution in [-0.2, 0) is 10.0 Å². The molecule has 0 spiro atoms. The topological polar surface area (TPSA) is 57.6 Å². The number of hydrogen-bond acceptors (Lipinski definition) is 3. The summed E-state index contributed by atoms with van der Waals surface area (Å²) < 4.78 is 25.3. The van der Waals surface area contributed by atoms with Crippen molar-refractivity contribution >= 4 is 10.0 Å². The zero-order valence-corrected chi connectivity index (χ0v) is 11.6. The highest BCUT2D eigenvalue weighted by atomic mass is 32.2. The number of aliphatic hydroxyl groups is 1. The summed E-state index contributed by atoms with van der Waals surface area (Å²) in [6.07, 6.45) is 0.379. The van der Waals surface area contributed by atoms with Crippen molar-refractivity contribution in [2.45, 2.75) is 18.2 Å². The zero-order chi connectivity index (χ0) is 13.8. The normalized spacial score (nSPS) is 11.2. The Balaban J connectivity index is 3.23. The smallest absolute Gasteiger partial charge is 0.242 e. The molecule has 0 aliphatic carbocycles. The van der Waals surface area contributed by atoms with Crippen molar-refractivity contribution in [3.63, 3.8) is 0 Å². The first-order valence-corrected chi connectivity index (χ1v) is 6.96. The minimum absolute atomic E-state index is 0.00170. The molecule has 0 saturated carbocycles. The van der Waals surface area contributed by atoms with Crippen molar-refractivity contribution in [2.75, 3.05) is 20.7 Å². The lowest BCUT2D eigenvalue weighted by Crippen LogP contribution is -2.23. The van der Waals surface area contributed by atoms with E-state index in [0.29, 0.717) is 17.5 Å². The van der Waals surface area contributed by atoms with Gasteiger partial charge in [0.1, 0.15) is 0 Å². The Morgan fingerprint density at radius 1 is 1.33 bits per heavy atom. The highest BCUT2D eigenvalue weighted by molar-refractivity contribution is 7.89. The van der Waals surface area contributed by atoms with Gasteiger partial charge in [0.2, 0.25) is 10.0 Å². The molecular weight excluding hydrogens is 250 g/mol. The van der Waals surface area contributed by atoms with Gasteiger partial charge in [-0.1, -0.05) is 17.9 Å². The van der Waals surface area contributed by atoms with Crippen LogP contribution in [0.2, 0.25) is 0 Å². The molecule has 98 valence electrons. The van der Waals surface area contributed by atoms with Crippen molar-refractivity contribution in [3.8, 4) is 11.8 Å². The summed E-state index contributed by atoms with van der Waals surface area (Å²) in [6.45, 7) is 1.75. The van der Waals surface area contributed by atoms with E-state index in [2.05, 4.69) is 11.8 Å². The van der Waals surface area contributed by atoms with Crippen molar-refractivity contribution in [1.29, 1.82) is 0 Å². The molecule has 5 heteroatoms. The van der Waals surface area contributed by atoms with Gasteiger partial charge in [-0.15, -0.1) is 0 Å². The van der Waals surface area contributed by atoms with Gasteiger partial charge in [0.25, 0.3) is 0 Å². The van der Waals surface area contributed by atoms with Crippen molar-refractivity contribution in [3.05, 3.63) is 29.3 Å². The minimum Gasteiger partial charge on any atom is -0.395 e. The Hall–Kier alpha value is -1.35. The van der Waals surface area contributed by atoms with Crippen LogP contribution in [0, 0.1) is 18.8 Å². The highest BCUT2D eigenvalue weighted by Crippen LogP contribution is 2.19. The van der Waals surface area contributed by atoms with Gasteiger partial charge in [0.05, 0.1) is 11.5 Å². The van der Waals surface area contributed by atoms with Crippen LogP contribution >= 0.6 is 0 Å². The molecule has 0 amide bonds. The van der Waals surface area contributed by atoms with E-state index in [1.807, 2.05) is 0 Å². The van der Waals surface area contributed by atoms with E-state index in [1.54, 1.807) is 25.1 Å². The van der Waals surface area contributed by atoms with E-state index >= 15 is 0 Å². The fourth-order valence-corrected chi connectivity index (χ4v) is 2.52. The summed E-state index contributed by atoms with van der Waals surface area (Å²) >= 11 is 0. The van der Waals surface area contributed by atoms with E-state index in [4.69, 9.17) is 5.11 Å².